The third-order valence-corrected chi connectivity index (χ3v) is 8.91. The molecule has 5 aromatic rings. The van der Waals surface area contributed by atoms with E-state index >= 15 is 0 Å². The maximum Gasteiger partial charge on any atom is 0.266 e. The maximum atomic E-state index is 13.5. The summed E-state index contributed by atoms with van der Waals surface area (Å²) in [5.41, 5.74) is 5.10. The predicted octanol–water partition coefficient (Wildman–Crippen LogP) is 9.75. The van der Waals surface area contributed by atoms with Crippen LogP contribution in [0, 0.1) is 6.92 Å². The molecule has 3 amide bonds. The zero-order valence-corrected chi connectivity index (χ0v) is 29.8. The lowest BCUT2D eigenvalue weighted by Gasteiger charge is -2.26. The van der Waals surface area contributed by atoms with Gasteiger partial charge in [-0.15, -0.1) is 0 Å². The summed E-state index contributed by atoms with van der Waals surface area (Å²) in [6.45, 7) is 11.8. The Morgan fingerprint density at radius 1 is 0.745 bits per heavy atom. The number of rotatable bonds is 10. The Morgan fingerprint density at radius 2 is 1.31 bits per heavy atom. The first kappa shape index (κ1) is 36.5. The van der Waals surface area contributed by atoms with E-state index in [2.05, 4.69) is 36.2 Å². The quantitative estimate of drug-likeness (QED) is 0.0854. The van der Waals surface area contributed by atoms with Crippen LogP contribution in [-0.2, 0) is 10.3 Å². The van der Waals surface area contributed by atoms with Gasteiger partial charge in [-0.3, -0.25) is 19.6 Å². The number of carbonyl (C=O) groups excluding carboxylic acids is 3. The summed E-state index contributed by atoms with van der Waals surface area (Å²) in [5.74, 6) is 0.519. The second-order valence-electron chi connectivity index (χ2n) is 12.5. The summed E-state index contributed by atoms with van der Waals surface area (Å²) in [4.78, 5) is 45.5. The van der Waals surface area contributed by atoms with E-state index in [4.69, 9.17) is 14.7 Å². The van der Waals surface area contributed by atoms with Crippen LogP contribution < -0.4 is 19.7 Å². The Kier molecular flexibility index (Phi) is 11.0. The predicted molar refractivity (Wildman–Crippen MR) is 198 cm³/mol. The van der Waals surface area contributed by atoms with Crippen LogP contribution in [0.2, 0.25) is 0 Å². The summed E-state index contributed by atoms with van der Waals surface area (Å²) < 4.78 is 11.4. The molecule has 0 aromatic heterocycles. The van der Waals surface area contributed by atoms with E-state index in [0.717, 1.165) is 27.3 Å². The molecule has 1 heterocycles. The van der Waals surface area contributed by atoms with E-state index in [1.165, 1.54) is 0 Å². The first-order valence-electron chi connectivity index (χ1n) is 16.8. The molecule has 1 atom stereocenters. The standard InChI is InChI=1S/C40H36N2O7.C2H6/c1-24-6-20-33(25(2)49-46)35(22-24)37(43)41-28-11-13-29(14-12-28)42-38(44)34-21-19-32(23-36(34)39(42)45)48-31-17-9-27(10-18-31)40(3,4)26-7-15-30(47-5)16-8-26;1-2/h6-23,25,46H,1-5H3,(H,41,43);1-2H3/t25-;/m0./s1. The van der Waals surface area contributed by atoms with Gasteiger partial charge in [0.25, 0.3) is 17.7 Å². The van der Waals surface area contributed by atoms with Gasteiger partial charge < -0.3 is 14.8 Å². The van der Waals surface area contributed by atoms with Crippen molar-refractivity contribution in [2.75, 3.05) is 17.3 Å². The van der Waals surface area contributed by atoms with Crippen molar-refractivity contribution >= 4 is 29.1 Å². The summed E-state index contributed by atoms with van der Waals surface area (Å²) >= 11 is 0. The number of imide groups is 1. The van der Waals surface area contributed by atoms with Crippen molar-refractivity contribution in [3.05, 3.63) is 148 Å². The lowest BCUT2D eigenvalue weighted by molar-refractivity contribution is -0.277. The van der Waals surface area contributed by atoms with Gasteiger partial charge in [-0.05, 0) is 103 Å². The number of ether oxygens (including phenoxy) is 2. The first-order chi connectivity index (χ1) is 24.5. The van der Waals surface area contributed by atoms with Gasteiger partial charge in [-0.1, -0.05) is 69.7 Å². The topological polar surface area (TPSA) is 114 Å². The number of carbonyl (C=O) groups is 3. The Balaban J connectivity index is 0.00000248. The zero-order chi connectivity index (χ0) is 36.9. The molecular weight excluding hydrogens is 644 g/mol. The molecule has 9 heteroatoms. The van der Waals surface area contributed by atoms with Crippen LogP contribution in [0.3, 0.4) is 0 Å². The Labute approximate surface area is 298 Å². The van der Waals surface area contributed by atoms with Crippen LogP contribution in [0.15, 0.2) is 109 Å². The number of hydrogen-bond acceptors (Lipinski definition) is 7. The number of hydrogen-bond donors (Lipinski definition) is 2. The molecule has 0 saturated heterocycles. The number of aryl methyl sites for hydroxylation is 1. The van der Waals surface area contributed by atoms with Crippen molar-refractivity contribution in [3.8, 4) is 17.2 Å². The maximum absolute atomic E-state index is 13.5. The molecule has 1 aliphatic heterocycles. The minimum atomic E-state index is -0.702. The normalized spacial score (nSPS) is 12.8. The summed E-state index contributed by atoms with van der Waals surface area (Å²) in [5, 5.41) is 12.0. The average molecular weight is 687 g/mol. The number of methoxy groups -OCH3 is 1. The highest BCUT2D eigenvalue weighted by atomic mass is 17.1. The fraction of sp³-hybridized carbons (Fsp3) is 0.214. The van der Waals surface area contributed by atoms with Gasteiger partial charge >= 0.3 is 0 Å². The molecular formula is C42H42N2O7. The summed E-state index contributed by atoms with van der Waals surface area (Å²) in [6.07, 6.45) is -0.702. The van der Waals surface area contributed by atoms with Crippen LogP contribution in [0.5, 0.6) is 17.2 Å². The van der Waals surface area contributed by atoms with Crippen molar-refractivity contribution in [1.29, 1.82) is 0 Å². The molecule has 2 N–H and O–H groups in total. The van der Waals surface area contributed by atoms with E-state index in [0.29, 0.717) is 34.0 Å². The second kappa shape index (κ2) is 15.4. The Bertz CT molecular complexity index is 2040. The van der Waals surface area contributed by atoms with E-state index in [-0.39, 0.29) is 22.4 Å². The molecule has 5 aromatic carbocycles. The molecule has 0 saturated carbocycles. The van der Waals surface area contributed by atoms with Crippen LogP contribution in [0.4, 0.5) is 11.4 Å². The minimum absolute atomic E-state index is 0.240. The number of nitrogens with zero attached hydrogens (tertiary/aromatic N) is 1. The van der Waals surface area contributed by atoms with Crippen molar-refractivity contribution in [2.24, 2.45) is 0 Å². The second-order valence-corrected chi connectivity index (χ2v) is 12.5. The van der Waals surface area contributed by atoms with E-state index < -0.39 is 17.9 Å². The van der Waals surface area contributed by atoms with Gasteiger partial charge in [-0.2, -0.15) is 0 Å². The minimum Gasteiger partial charge on any atom is -0.497 e. The molecule has 9 nitrogen and oxygen atoms in total. The molecule has 6 rings (SSSR count). The van der Waals surface area contributed by atoms with Crippen molar-refractivity contribution < 1.29 is 34.0 Å². The van der Waals surface area contributed by atoms with Crippen molar-refractivity contribution in [2.45, 2.75) is 53.1 Å². The zero-order valence-electron chi connectivity index (χ0n) is 29.8. The van der Waals surface area contributed by atoms with Crippen LogP contribution >= 0.6 is 0 Å². The fourth-order valence-corrected chi connectivity index (χ4v) is 5.94. The first-order valence-corrected chi connectivity index (χ1v) is 16.8. The molecule has 0 aliphatic carbocycles. The third kappa shape index (κ3) is 7.55. The van der Waals surface area contributed by atoms with Crippen LogP contribution in [0.1, 0.15) is 94.1 Å². The van der Waals surface area contributed by atoms with Crippen LogP contribution in [-0.4, -0.2) is 30.1 Å². The lowest BCUT2D eigenvalue weighted by atomic mass is 9.78. The SMILES string of the molecule is CC.COc1ccc(C(C)(C)c2ccc(Oc3ccc4c(c3)C(=O)N(c3ccc(NC(=O)c5cc(C)ccc5[C@H](C)OO)cc3)C4=O)cc2)cc1. The molecule has 0 radical (unpaired) electrons. The number of benzene rings is 5. The van der Waals surface area contributed by atoms with Gasteiger partial charge in [-0.25, -0.2) is 9.79 Å². The molecule has 0 unspecified atom stereocenters. The summed E-state index contributed by atoms with van der Waals surface area (Å²) in [6, 6.07) is 32.4. The lowest BCUT2D eigenvalue weighted by Crippen LogP contribution is -2.29. The smallest absolute Gasteiger partial charge is 0.266 e. The number of amides is 3. The Hall–Kier alpha value is -5.77. The molecule has 262 valence electrons. The monoisotopic (exact) mass is 686 g/mol. The highest BCUT2D eigenvalue weighted by Crippen LogP contribution is 2.36. The molecule has 0 bridgehead atoms. The summed E-state index contributed by atoms with van der Waals surface area (Å²) in [7, 11) is 1.65. The molecule has 1 aliphatic rings. The number of anilines is 2. The highest BCUT2D eigenvalue weighted by Gasteiger charge is 2.37. The average Bonchev–Trinajstić information content (AvgIpc) is 3.40. The van der Waals surface area contributed by atoms with Crippen molar-refractivity contribution in [3.63, 3.8) is 0 Å². The molecule has 51 heavy (non-hydrogen) atoms. The third-order valence-electron chi connectivity index (χ3n) is 8.91. The fourth-order valence-electron chi connectivity index (χ4n) is 5.94. The molecule has 0 fully saturated rings. The van der Waals surface area contributed by atoms with Gasteiger partial charge in [0, 0.05) is 16.7 Å². The van der Waals surface area contributed by atoms with Gasteiger partial charge in [0.2, 0.25) is 0 Å². The number of nitrogens with one attached hydrogen (secondary N) is 1. The highest BCUT2D eigenvalue weighted by molar-refractivity contribution is 6.34. The van der Waals surface area contributed by atoms with E-state index in [1.807, 2.05) is 63.2 Å². The van der Waals surface area contributed by atoms with Crippen LogP contribution in [0.25, 0.3) is 0 Å². The largest absolute Gasteiger partial charge is 0.497 e. The van der Waals surface area contributed by atoms with E-state index in [9.17, 15) is 14.4 Å². The van der Waals surface area contributed by atoms with Gasteiger partial charge in [0.05, 0.1) is 23.9 Å². The van der Waals surface area contributed by atoms with Crippen molar-refractivity contribution in [1.82, 2.24) is 0 Å². The van der Waals surface area contributed by atoms with E-state index in [1.54, 1.807) is 68.6 Å². The van der Waals surface area contributed by atoms with Gasteiger partial charge in [0.1, 0.15) is 23.4 Å². The Morgan fingerprint density at radius 3 is 1.90 bits per heavy atom. The molecule has 0 spiro atoms. The van der Waals surface area contributed by atoms with Gasteiger partial charge in [0.15, 0.2) is 0 Å². The number of fused-ring (bicyclic) bond motifs is 1.